The fraction of sp³-hybridized carbons (Fsp3) is 0.0169. The highest BCUT2D eigenvalue weighted by molar-refractivity contribution is 7.26. The number of hydrogen-bond acceptors (Lipinski definition) is 2. The zero-order valence-electron chi connectivity index (χ0n) is 33.4. The lowest BCUT2D eigenvalue weighted by atomic mass is 9.68. The van der Waals surface area contributed by atoms with Crippen LogP contribution in [0.3, 0.4) is 0 Å². The van der Waals surface area contributed by atoms with Gasteiger partial charge in [0.25, 0.3) is 0 Å². The topological polar surface area (TPSA) is 3.24 Å². The monoisotopic (exact) mass is 793 g/mol. The Morgan fingerprint density at radius 3 is 1.64 bits per heavy atom. The highest BCUT2D eigenvalue weighted by atomic mass is 32.1. The molecule has 1 heterocycles. The van der Waals surface area contributed by atoms with E-state index in [2.05, 4.69) is 241 Å². The van der Waals surface area contributed by atoms with Crippen LogP contribution in [-0.2, 0) is 5.41 Å². The molecule has 1 nitrogen and oxygen atoms in total. The fourth-order valence-electron chi connectivity index (χ4n) is 10.1. The van der Waals surface area contributed by atoms with Crippen molar-refractivity contribution >= 4 is 59.3 Å². The molecule has 0 saturated heterocycles. The quantitative estimate of drug-likeness (QED) is 0.155. The summed E-state index contributed by atoms with van der Waals surface area (Å²) in [4.78, 5) is 2.52. The van der Waals surface area contributed by atoms with E-state index in [1.165, 1.54) is 92.3 Å². The Morgan fingerprint density at radius 2 is 0.869 bits per heavy atom. The first-order valence-corrected chi connectivity index (χ1v) is 21.8. The molecule has 1 aliphatic carbocycles. The predicted octanol–water partition coefficient (Wildman–Crippen LogP) is 16.4. The van der Waals surface area contributed by atoms with Gasteiger partial charge in [-0.1, -0.05) is 206 Å². The second-order valence-corrected chi connectivity index (χ2v) is 17.0. The minimum Gasteiger partial charge on any atom is -0.308 e. The van der Waals surface area contributed by atoms with Crippen LogP contribution in [0.4, 0.5) is 17.1 Å². The Morgan fingerprint density at radius 1 is 0.344 bits per heavy atom. The molecule has 0 spiro atoms. The smallest absolute Gasteiger partial charge is 0.0714 e. The molecule has 0 bridgehead atoms. The zero-order chi connectivity index (χ0) is 40.3. The summed E-state index contributed by atoms with van der Waals surface area (Å²) in [5, 5.41) is 5.11. The fourth-order valence-corrected chi connectivity index (χ4v) is 11.3. The maximum absolute atomic E-state index is 2.52. The van der Waals surface area contributed by atoms with Gasteiger partial charge in [-0.15, -0.1) is 11.3 Å². The van der Waals surface area contributed by atoms with Crippen molar-refractivity contribution in [3.05, 3.63) is 259 Å². The van der Waals surface area contributed by atoms with Gasteiger partial charge in [-0.3, -0.25) is 0 Å². The molecule has 0 atom stereocenters. The van der Waals surface area contributed by atoms with Gasteiger partial charge in [0.1, 0.15) is 0 Å². The van der Waals surface area contributed by atoms with Crippen molar-refractivity contribution in [2.24, 2.45) is 0 Å². The summed E-state index contributed by atoms with van der Waals surface area (Å²) in [7, 11) is 0. The Hall–Kier alpha value is -7.52. The summed E-state index contributed by atoms with van der Waals surface area (Å²) >= 11 is 1.88. The van der Waals surface area contributed by atoms with Crippen LogP contribution in [0.25, 0.3) is 64.3 Å². The zero-order valence-corrected chi connectivity index (χ0v) is 34.2. The van der Waals surface area contributed by atoms with Crippen LogP contribution >= 0.6 is 11.3 Å². The third-order valence-corrected chi connectivity index (χ3v) is 14.0. The molecular formula is C59H39NS. The first-order chi connectivity index (χ1) is 30.3. The van der Waals surface area contributed by atoms with Crippen LogP contribution in [0.2, 0.25) is 0 Å². The minimum atomic E-state index is -0.498. The van der Waals surface area contributed by atoms with Gasteiger partial charge in [-0.2, -0.15) is 0 Å². The Balaban J connectivity index is 1.06. The lowest BCUT2D eigenvalue weighted by molar-refractivity contribution is 0.768. The van der Waals surface area contributed by atoms with E-state index in [1.54, 1.807) is 0 Å². The summed E-state index contributed by atoms with van der Waals surface area (Å²) in [6.45, 7) is 0. The summed E-state index contributed by atoms with van der Waals surface area (Å²) < 4.78 is 2.57. The second-order valence-electron chi connectivity index (χ2n) is 16.0. The van der Waals surface area contributed by atoms with E-state index in [4.69, 9.17) is 0 Å². The van der Waals surface area contributed by atoms with Gasteiger partial charge in [-0.05, 0) is 91.2 Å². The van der Waals surface area contributed by atoms with E-state index in [9.17, 15) is 0 Å². The van der Waals surface area contributed by atoms with Gasteiger partial charge in [0.15, 0.2) is 0 Å². The van der Waals surface area contributed by atoms with Crippen molar-refractivity contribution < 1.29 is 0 Å². The van der Waals surface area contributed by atoms with Crippen LogP contribution in [0.15, 0.2) is 237 Å². The largest absolute Gasteiger partial charge is 0.308 e. The van der Waals surface area contributed by atoms with E-state index in [-0.39, 0.29) is 0 Å². The van der Waals surface area contributed by atoms with Gasteiger partial charge in [0.2, 0.25) is 0 Å². The van der Waals surface area contributed by atoms with Crippen LogP contribution in [0, 0.1) is 0 Å². The Kier molecular flexibility index (Phi) is 8.33. The summed E-state index contributed by atoms with van der Waals surface area (Å²) in [6, 6.07) is 87.2. The number of thiophene rings is 1. The number of benzene rings is 10. The van der Waals surface area contributed by atoms with Gasteiger partial charge < -0.3 is 4.90 Å². The number of anilines is 3. The normalized spacial score (nSPS) is 12.7. The molecule has 1 aromatic heterocycles. The SMILES string of the molecule is c1ccc(C2(c3ccccc3)c3ccccc3-c3c(N(c4ccc(-c5ccc(-c6cccc7ccccc67)cc5)cc4)c4cccc5c4sc4ccccc45)cccc32)cc1. The maximum atomic E-state index is 2.52. The molecule has 0 radical (unpaired) electrons. The lowest BCUT2D eigenvalue weighted by Gasteiger charge is -2.34. The van der Waals surface area contributed by atoms with Gasteiger partial charge in [-0.25, -0.2) is 0 Å². The first-order valence-electron chi connectivity index (χ1n) is 21.0. The molecule has 0 N–H and O–H groups in total. The van der Waals surface area contributed by atoms with Crippen LogP contribution in [0.1, 0.15) is 22.3 Å². The molecule has 0 aliphatic heterocycles. The van der Waals surface area contributed by atoms with E-state index in [0.717, 1.165) is 11.4 Å². The molecule has 10 aromatic carbocycles. The number of rotatable bonds is 7. The first kappa shape index (κ1) is 35.4. The molecule has 61 heavy (non-hydrogen) atoms. The van der Waals surface area contributed by atoms with Crippen molar-refractivity contribution in [1.82, 2.24) is 0 Å². The van der Waals surface area contributed by atoms with Gasteiger partial charge in [0, 0.05) is 26.7 Å². The van der Waals surface area contributed by atoms with E-state index in [1.807, 2.05) is 11.3 Å². The highest BCUT2D eigenvalue weighted by Gasteiger charge is 2.47. The molecule has 0 fully saturated rings. The Labute approximate surface area is 360 Å². The molecule has 11 aromatic rings. The predicted molar refractivity (Wildman–Crippen MR) is 260 cm³/mol. The standard InChI is InChI=1S/C59H39NS/c1-3-18-44(19-4-1)59(45-20-5-2-6-21-45)52-27-11-9-24-51(52)57-53(59)28-15-29-54(57)60(55-30-14-26-50-49-23-10-12-31-56(49)61-58(50)55)46-38-36-41(37-39-46)40-32-34-43(35-33-40)48-25-13-17-42-16-7-8-22-47(42)48/h1-39H. The van der Waals surface area contributed by atoms with Crippen LogP contribution in [-0.4, -0.2) is 0 Å². The van der Waals surface area contributed by atoms with E-state index in [0.29, 0.717) is 0 Å². The van der Waals surface area contributed by atoms with Crippen molar-refractivity contribution in [2.75, 3.05) is 4.90 Å². The van der Waals surface area contributed by atoms with Crippen LogP contribution < -0.4 is 4.90 Å². The number of fused-ring (bicyclic) bond motifs is 7. The number of nitrogens with zero attached hydrogens (tertiary/aromatic N) is 1. The van der Waals surface area contributed by atoms with Crippen molar-refractivity contribution in [2.45, 2.75) is 5.41 Å². The maximum Gasteiger partial charge on any atom is 0.0714 e. The van der Waals surface area contributed by atoms with Crippen molar-refractivity contribution in [1.29, 1.82) is 0 Å². The third kappa shape index (κ3) is 5.53. The van der Waals surface area contributed by atoms with Crippen LogP contribution in [0.5, 0.6) is 0 Å². The molecular weight excluding hydrogens is 755 g/mol. The van der Waals surface area contributed by atoms with E-state index >= 15 is 0 Å². The van der Waals surface area contributed by atoms with Gasteiger partial charge >= 0.3 is 0 Å². The number of hydrogen-bond donors (Lipinski definition) is 0. The molecule has 0 amide bonds. The summed E-state index contributed by atoms with van der Waals surface area (Å²) in [6.07, 6.45) is 0. The second kappa shape index (κ2) is 14.3. The molecule has 1 aliphatic rings. The summed E-state index contributed by atoms with van der Waals surface area (Å²) in [5.74, 6) is 0. The molecule has 0 saturated carbocycles. The Bertz CT molecular complexity index is 3360. The lowest BCUT2D eigenvalue weighted by Crippen LogP contribution is -2.28. The third-order valence-electron chi connectivity index (χ3n) is 12.8. The average molecular weight is 794 g/mol. The summed E-state index contributed by atoms with van der Waals surface area (Å²) in [5.41, 5.74) is 15.5. The highest BCUT2D eigenvalue weighted by Crippen LogP contribution is 2.60. The van der Waals surface area contributed by atoms with Crippen molar-refractivity contribution in [3.8, 4) is 33.4 Å². The molecule has 286 valence electrons. The van der Waals surface area contributed by atoms with E-state index < -0.39 is 5.41 Å². The molecule has 0 unspecified atom stereocenters. The molecule has 2 heteroatoms. The van der Waals surface area contributed by atoms with Crippen molar-refractivity contribution in [3.63, 3.8) is 0 Å². The van der Waals surface area contributed by atoms with Gasteiger partial charge in [0.05, 0.1) is 21.5 Å². The minimum absolute atomic E-state index is 0.498. The molecule has 12 rings (SSSR count). The average Bonchev–Trinajstić information content (AvgIpc) is 3.87.